The van der Waals surface area contributed by atoms with Crippen molar-refractivity contribution < 1.29 is 9.84 Å². The number of aliphatic hydroxyl groups is 1. The minimum atomic E-state index is -0.449. The smallest absolute Gasteiger partial charge is 0.0942 e. The monoisotopic (exact) mass is 291 g/mol. The van der Waals surface area contributed by atoms with Gasteiger partial charge in [-0.05, 0) is 50.8 Å². The summed E-state index contributed by atoms with van der Waals surface area (Å²) in [7, 11) is 1.79. The van der Waals surface area contributed by atoms with E-state index in [2.05, 4.69) is 49.9 Å². The molecule has 1 N–H and O–H groups in total. The molecule has 3 nitrogen and oxygen atoms in total. The van der Waals surface area contributed by atoms with Gasteiger partial charge in [-0.25, -0.2) is 0 Å². The highest BCUT2D eigenvalue weighted by Gasteiger charge is 2.34. The summed E-state index contributed by atoms with van der Waals surface area (Å²) in [6, 6.07) is 8.44. The molecule has 3 atom stereocenters. The molecule has 2 rings (SSSR count). The number of ether oxygens (including phenoxy) is 1. The fourth-order valence-corrected chi connectivity index (χ4v) is 3.19. The average molecular weight is 291 g/mol. The molecule has 0 aromatic heterocycles. The van der Waals surface area contributed by atoms with Crippen LogP contribution in [-0.4, -0.2) is 41.8 Å². The van der Waals surface area contributed by atoms with Gasteiger partial charge in [-0.2, -0.15) is 0 Å². The zero-order valence-corrected chi connectivity index (χ0v) is 13.8. The molecule has 1 fully saturated rings. The van der Waals surface area contributed by atoms with E-state index < -0.39 is 6.10 Å². The van der Waals surface area contributed by atoms with Crippen LogP contribution in [0.25, 0.3) is 0 Å². The zero-order valence-electron chi connectivity index (χ0n) is 13.8. The number of aryl methyl sites for hydroxylation is 1. The highest BCUT2D eigenvalue weighted by Crippen LogP contribution is 2.29. The van der Waals surface area contributed by atoms with Crippen molar-refractivity contribution in [2.45, 2.75) is 57.8 Å². The second-order valence-electron chi connectivity index (χ2n) is 6.51. The summed E-state index contributed by atoms with van der Waals surface area (Å²) in [4.78, 5) is 2.35. The Labute approximate surface area is 128 Å². The lowest BCUT2D eigenvalue weighted by Gasteiger charge is -2.43. The van der Waals surface area contributed by atoms with Gasteiger partial charge in [-0.1, -0.05) is 31.2 Å². The molecule has 0 spiro atoms. The Balaban J connectivity index is 2.05. The third kappa shape index (κ3) is 3.85. The van der Waals surface area contributed by atoms with Crippen molar-refractivity contribution in [3.63, 3.8) is 0 Å². The quantitative estimate of drug-likeness (QED) is 0.904. The highest BCUT2D eigenvalue weighted by molar-refractivity contribution is 5.25. The molecule has 3 heteroatoms. The molecule has 3 unspecified atom stereocenters. The Kier molecular flexibility index (Phi) is 5.42. The molecular weight excluding hydrogens is 262 g/mol. The Morgan fingerprint density at radius 2 is 2.00 bits per heavy atom. The van der Waals surface area contributed by atoms with E-state index in [0.29, 0.717) is 0 Å². The van der Waals surface area contributed by atoms with E-state index in [1.807, 2.05) is 0 Å². The van der Waals surface area contributed by atoms with Crippen LogP contribution < -0.4 is 0 Å². The predicted octanol–water partition coefficient (Wildman–Crippen LogP) is 3.17. The summed E-state index contributed by atoms with van der Waals surface area (Å²) < 4.78 is 5.65. The number of likely N-dealkylation sites (tertiary alicyclic amines) is 1. The molecular formula is C18H29NO2. The summed E-state index contributed by atoms with van der Waals surface area (Å²) in [6.45, 7) is 8.33. The lowest BCUT2D eigenvalue weighted by Crippen LogP contribution is -2.51. The maximum absolute atomic E-state index is 10.7. The van der Waals surface area contributed by atoms with Gasteiger partial charge in [0.25, 0.3) is 0 Å². The van der Waals surface area contributed by atoms with Crippen molar-refractivity contribution in [3.05, 3.63) is 35.4 Å². The number of benzene rings is 1. The van der Waals surface area contributed by atoms with Crippen LogP contribution in [0, 0.1) is 0 Å². The van der Waals surface area contributed by atoms with E-state index in [4.69, 9.17) is 4.74 Å². The topological polar surface area (TPSA) is 32.7 Å². The summed E-state index contributed by atoms with van der Waals surface area (Å²) in [5.41, 5.74) is 2.23. The molecule has 0 radical (unpaired) electrons. The molecule has 0 aliphatic carbocycles. The van der Waals surface area contributed by atoms with Crippen LogP contribution in [0.3, 0.4) is 0 Å². The number of rotatable bonds is 5. The Bertz CT molecular complexity index is 445. The molecule has 1 saturated heterocycles. The van der Waals surface area contributed by atoms with Gasteiger partial charge >= 0.3 is 0 Å². The van der Waals surface area contributed by atoms with Crippen molar-refractivity contribution in [3.8, 4) is 0 Å². The van der Waals surface area contributed by atoms with E-state index in [9.17, 15) is 5.11 Å². The molecule has 1 heterocycles. The maximum Gasteiger partial charge on any atom is 0.0942 e. The van der Waals surface area contributed by atoms with Crippen LogP contribution in [0.1, 0.15) is 50.8 Å². The minimum absolute atomic E-state index is 0.0850. The van der Waals surface area contributed by atoms with Crippen molar-refractivity contribution in [2.24, 2.45) is 0 Å². The molecule has 1 aliphatic rings. The molecule has 0 amide bonds. The summed E-state index contributed by atoms with van der Waals surface area (Å²) in [5, 5.41) is 10.7. The number of methoxy groups -OCH3 is 1. The van der Waals surface area contributed by atoms with Crippen molar-refractivity contribution >= 4 is 0 Å². The van der Waals surface area contributed by atoms with Gasteiger partial charge in [0.15, 0.2) is 0 Å². The second kappa shape index (κ2) is 6.91. The normalized spacial score (nSPS) is 26.5. The maximum atomic E-state index is 10.7. The average Bonchev–Trinajstić information content (AvgIpc) is 2.53. The SMILES string of the molecule is CCc1ccc(C(O)C(C)N2CCCC(C)(OC)C2)cc1. The fourth-order valence-electron chi connectivity index (χ4n) is 3.19. The first-order valence-corrected chi connectivity index (χ1v) is 8.05. The minimum Gasteiger partial charge on any atom is -0.387 e. The van der Waals surface area contributed by atoms with Crippen LogP contribution in [0.2, 0.25) is 0 Å². The van der Waals surface area contributed by atoms with Gasteiger partial charge in [0, 0.05) is 19.7 Å². The second-order valence-corrected chi connectivity index (χ2v) is 6.51. The first-order chi connectivity index (χ1) is 9.99. The summed E-state index contributed by atoms with van der Waals surface area (Å²) in [5.74, 6) is 0. The van der Waals surface area contributed by atoms with Crippen LogP contribution in [-0.2, 0) is 11.2 Å². The first-order valence-electron chi connectivity index (χ1n) is 8.05. The summed E-state index contributed by atoms with van der Waals surface area (Å²) >= 11 is 0. The van der Waals surface area contributed by atoms with E-state index in [0.717, 1.165) is 37.9 Å². The fraction of sp³-hybridized carbons (Fsp3) is 0.667. The number of aliphatic hydroxyl groups excluding tert-OH is 1. The van der Waals surface area contributed by atoms with Crippen LogP contribution in [0.4, 0.5) is 0 Å². The lowest BCUT2D eigenvalue weighted by molar-refractivity contribution is -0.0739. The van der Waals surface area contributed by atoms with Gasteiger partial charge in [0.2, 0.25) is 0 Å². The molecule has 1 aromatic rings. The van der Waals surface area contributed by atoms with Gasteiger partial charge in [-0.3, -0.25) is 4.90 Å². The number of hydrogen-bond donors (Lipinski definition) is 1. The van der Waals surface area contributed by atoms with Gasteiger partial charge in [0.1, 0.15) is 0 Å². The van der Waals surface area contributed by atoms with E-state index in [-0.39, 0.29) is 11.6 Å². The van der Waals surface area contributed by atoms with Gasteiger partial charge in [0.05, 0.1) is 11.7 Å². The van der Waals surface area contributed by atoms with E-state index >= 15 is 0 Å². The first kappa shape index (κ1) is 16.5. The lowest BCUT2D eigenvalue weighted by atomic mass is 9.91. The molecule has 1 aromatic carbocycles. The predicted molar refractivity (Wildman–Crippen MR) is 86.5 cm³/mol. The molecule has 0 bridgehead atoms. The van der Waals surface area contributed by atoms with Crippen molar-refractivity contribution in [1.29, 1.82) is 0 Å². The third-order valence-electron chi connectivity index (χ3n) is 4.94. The van der Waals surface area contributed by atoms with Crippen LogP contribution in [0.15, 0.2) is 24.3 Å². The number of piperidine rings is 1. The Morgan fingerprint density at radius 1 is 1.33 bits per heavy atom. The van der Waals surface area contributed by atoms with E-state index in [1.54, 1.807) is 7.11 Å². The highest BCUT2D eigenvalue weighted by atomic mass is 16.5. The van der Waals surface area contributed by atoms with Crippen LogP contribution >= 0.6 is 0 Å². The largest absolute Gasteiger partial charge is 0.387 e. The standard InChI is InChI=1S/C18H29NO2/c1-5-15-7-9-16(10-8-15)17(20)14(2)19-12-6-11-18(3,13-19)21-4/h7-10,14,17,20H,5-6,11-13H2,1-4H3. The number of hydrogen-bond acceptors (Lipinski definition) is 3. The third-order valence-corrected chi connectivity index (χ3v) is 4.94. The Hall–Kier alpha value is -0.900. The van der Waals surface area contributed by atoms with E-state index in [1.165, 1.54) is 5.56 Å². The van der Waals surface area contributed by atoms with Gasteiger partial charge in [-0.15, -0.1) is 0 Å². The zero-order chi connectivity index (χ0) is 15.5. The molecule has 0 saturated carbocycles. The van der Waals surface area contributed by atoms with Crippen molar-refractivity contribution in [2.75, 3.05) is 20.2 Å². The van der Waals surface area contributed by atoms with Gasteiger partial charge < -0.3 is 9.84 Å². The van der Waals surface area contributed by atoms with Crippen LogP contribution in [0.5, 0.6) is 0 Å². The van der Waals surface area contributed by atoms with Crippen molar-refractivity contribution in [1.82, 2.24) is 4.90 Å². The molecule has 118 valence electrons. The Morgan fingerprint density at radius 3 is 2.57 bits per heavy atom. The number of nitrogens with zero attached hydrogens (tertiary/aromatic N) is 1. The summed E-state index contributed by atoms with van der Waals surface area (Å²) in [6.07, 6.45) is 2.80. The molecule has 1 aliphatic heterocycles. The molecule has 21 heavy (non-hydrogen) atoms.